The van der Waals surface area contributed by atoms with E-state index in [2.05, 4.69) is 6.92 Å². The summed E-state index contributed by atoms with van der Waals surface area (Å²) < 4.78 is 5.25. The Kier molecular flexibility index (Phi) is 3.12. The molecular formula is C12H21NO2. The first kappa shape index (κ1) is 11.1. The van der Waals surface area contributed by atoms with Crippen LogP contribution in [0.1, 0.15) is 39.0 Å². The summed E-state index contributed by atoms with van der Waals surface area (Å²) in [7, 11) is 0. The van der Waals surface area contributed by atoms with E-state index in [-0.39, 0.29) is 11.7 Å². The summed E-state index contributed by atoms with van der Waals surface area (Å²) in [4.78, 5) is 12.2. The van der Waals surface area contributed by atoms with Crippen LogP contribution in [0.2, 0.25) is 0 Å². The fourth-order valence-corrected chi connectivity index (χ4v) is 2.70. The van der Waals surface area contributed by atoms with Gasteiger partial charge in [-0.15, -0.1) is 0 Å². The second-order valence-electron chi connectivity index (χ2n) is 5.28. The monoisotopic (exact) mass is 211 g/mol. The van der Waals surface area contributed by atoms with E-state index < -0.39 is 5.54 Å². The molecule has 0 bridgehead atoms. The smallest absolute Gasteiger partial charge is 0.158 e. The van der Waals surface area contributed by atoms with Gasteiger partial charge in [-0.2, -0.15) is 0 Å². The molecule has 2 N–H and O–H groups in total. The Morgan fingerprint density at radius 1 is 1.33 bits per heavy atom. The molecule has 2 rings (SSSR count). The maximum absolute atomic E-state index is 12.2. The van der Waals surface area contributed by atoms with Crippen molar-refractivity contribution < 1.29 is 9.53 Å². The van der Waals surface area contributed by atoms with Crippen LogP contribution in [0.5, 0.6) is 0 Å². The maximum Gasteiger partial charge on any atom is 0.158 e. The van der Waals surface area contributed by atoms with Gasteiger partial charge in [0.25, 0.3) is 0 Å². The lowest BCUT2D eigenvalue weighted by atomic mass is 9.75. The van der Waals surface area contributed by atoms with E-state index in [0.717, 1.165) is 18.8 Å². The van der Waals surface area contributed by atoms with Gasteiger partial charge in [0.05, 0.1) is 6.61 Å². The van der Waals surface area contributed by atoms with Gasteiger partial charge in [0.15, 0.2) is 5.78 Å². The van der Waals surface area contributed by atoms with Crippen molar-refractivity contribution in [2.75, 3.05) is 13.2 Å². The Labute approximate surface area is 91.4 Å². The van der Waals surface area contributed by atoms with Crippen LogP contribution in [0.25, 0.3) is 0 Å². The minimum absolute atomic E-state index is 0.202. The van der Waals surface area contributed by atoms with Gasteiger partial charge in [0.1, 0.15) is 5.54 Å². The van der Waals surface area contributed by atoms with Crippen molar-refractivity contribution in [1.29, 1.82) is 0 Å². The average Bonchev–Trinajstić information content (AvgIpc) is 2.67. The molecule has 0 radical (unpaired) electrons. The molecule has 3 nitrogen and oxygen atoms in total. The summed E-state index contributed by atoms with van der Waals surface area (Å²) in [6.45, 7) is 3.33. The lowest BCUT2D eigenvalue weighted by Crippen LogP contribution is -2.51. The summed E-state index contributed by atoms with van der Waals surface area (Å²) in [5.74, 6) is 1.24. The molecule has 15 heavy (non-hydrogen) atoms. The third kappa shape index (κ3) is 2.23. The molecule has 1 aliphatic heterocycles. The van der Waals surface area contributed by atoms with Gasteiger partial charge >= 0.3 is 0 Å². The predicted molar refractivity (Wildman–Crippen MR) is 58.5 cm³/mol. The van der Waals surface area contributed by atoms with Crippen molar-refractivity contribution in [3.8, 4) is 0 Å². The van der Waals surface area contributed by atoms with Gasteiger partial charge in [-0.3, -0.25) is 4.79 Å². The topological polar surface area (TPSA) is 52.3 Å². The molecular weight excluding hydrogens is 190 g/mol. The highest BCUT2D eigenvalue weighted by atomic mass is 16.5. The van der Waals surface area contributed by atoms with Crippen LogP contribution in [0.4, 0.5) is 0 Å². The van der Waals surface area contributed by atoms with Crippen molar-refractivity contribution in [3.05, 3.63) is 0 Å². The second kappa shape index (κ2) is 4.22. The molecule has 1 heterocycles. The summed E-state index contributed by atoms with van der Waals surface area (Å²) >= 11 is 0. The normalized spacial score (nSPS) is 41.7. The van der Waals surface area contributed by atoms with Gasteiger partial charge < -0.3 is 10.5 Å². The number of carbonyl (C=O) groups excluding carboxylic acids is 1. The highest BCUT2D eigenvalue weighted by Gasteiger charge is 2.42. The van der Waals surface area contributed by atoms with Crippen LogP contribution in [0.15, 0.2) is 0 Å². The SMILES string of the molecule is CC1CCC(C(=O)C2(N)CCOC2)CC1. The van der Waals surface area contributed by atoms with E-state index in [1.807, 2.05) is 0 Å². The Morgan fingerprint density at radius 2 is 2.00 bits per heavy atom. The molecule has 2 aliphatic rings. The maximum atomic E-state index is 12.2. The molecule has 1 saturated carbocycles. The lowest BCUT2D eigenvalue weighted by Gasteiger charge is -2.30. The standard InChI is InChI=1S/C12H21NO2/c1-9-2-4-10(5-3-9)11(14)12(13)6-7-15-8-12/h9-10H,2-8,13H2,1H3. The minimum Gasteiger partial charge on any atom is -0.379 e. The number of rotatable bonds is 2. The molecule has 1 atom stereocenters. The Morgan fingerprint density at radius 3 is 2.53 bits per heavy atom. The van der Waals surface area contributed by atoms with E-state index in [1.165, 1.54) is 12.8 Å². The molecule has 0 aromatic rings. The zero-order valence-corrected chi connectivity index (χ0v) is 9.50. The van der Waals surface area contributed by atoms with Crippen molar-refractivity contribution in [3.63, 3.8) is 0 Å². The number of Topliss-reactive ketones (excluding diaryl/α,β-unsaturated/α-hetero) is 1. The number of ether oxygens (including phenoxy) is 1. The molecule has 0 amide bonds. The molecule has 0 spiro atoms. The van der Waals surface area contributed by atoms with E-state index in [0.29, 0.717) is 19.6 Å². The lowest BCUT2D eigenvalue weighted by molar-refractivity contribution is -0.129. The van der Waals surface area contributed by atoms with E-state index in [9.17, 15) is 4.79 Å². The summed E-state index contributed by atoms with van der Waals surface area (Å²) in [6.07, 6.45) is 5.11. The first-order chi connectivity index (χ1) is 7.12. The van der Waals surface area contributed by atoms with Crippen LogP contribution in [-0.4, -0.2) is 24.5 Å². The molecule has 1 saturated heterocycles. The van der Waals surface area contributed by atoms with E-state index >= 15 is 0 Å². The molecule has 86 valence electrons. The number of hydrogen-bond acceptors (Lipinski definition) is 3. The first-order valence-corrected chi connectivity index (χ1v) is 6.03. The number of hydrogen-bond donors (Lipinski definition) is 1. The number of ketones is 1. The molecule has 0 aromatic carbocycles. The molecule has 0 aromatic heterocycles. The predicted octanol–water partition coefficient (Wildman–Crippen LogP) is 1.50. The Balaban J connectivity index is 1.95. The zero-order valence-electron chi connectivity index (χ0n) is 9.50. The fourth-order valence-electron chi connectivity index (χ4n) is 2.70. The molecule has 2 fully saturated rings. The van der Waals surface area contributed by atoms with Crippen LogP contribution >= 0.6 is 0 Å². The van der Waals surface area contributed by atoms with Crippen molar-refractivity contribution in [2.24, 2.45) is 17.6 Å². The Hall–Kier alpha value is -0.410. The second-order valence-corrected chi connectivity index (χ2v) is 5.28. The number of carbonyl (C=O) groups is 1. The van der Waals surface area contributed by atoms with Gasteiger partial charge in [0.2, 0.25) is 0 Å². The van der Waals surface area contributed by atoms with Gasteiger partial charge in [-0.05, 0) is 25.2 Å². The fraction of sp³-hybridized carbons (Fsp3) is 0.917. The quantitative estimate of drug-likeness (QED) is 0.753. The summed E-state index contributed by atoms with van der Waals surface area (Å²) in [6, 6.07) is 0. The van der Waals surface area contributed by atoms with Crippen LogP contribution in [-0.2, 0) is 9.53 Å². The number of nitrogens with two attached hydrogens (primary N) is 1. The zero-order chi connectivity index (χ0) is 10.9. The first-order valence-electron chi connectivity index (χ1n) is 6.03. The third-order valence-electron chi connectivity index (χ3n) is 3.93. The van der Waals surface area contributed by atoms with Gasteiger partial charge in [-0.25, -0.2) is 0 Å². The summed E-state index contributed by atoms with van der Waals surface area (Å²) in [5.41, 5.74) is 5.43. The average molecular weight is 211 g/mol. The van der Waals surface area contributed by atoms with E-state index in [1.54, 1.807) is 0 Å². The van der Waals surface area contributed by atoms with Crippen molar-refractivity contribution >= 4 is 5.78 Å². The van der Waals surface area contributed by atoms with Crippen LogP contribution in [0, 0.1) is 11.8 Å². The highest BCUT2D eigenvalue weighted by molar-refractivity contribution is 5.90. The molecule has 1 unspecified atom stereocenters. The molecule has 3 heteroatoms. The van der Waals surface area contributed by atoms with Crippen molar-refractivity contribution in [1.82, 2.24) is 0 Å². The minimum atomic E-state index is -0.661. The largest absolute Gasteiger partial charge is 0.379 e. The van der Waals surface area contributed by atoms with E-state index in [4.69, 9.17) is 10.5 Å². The Bertz CT molecular complexity index is 238. The summed E-state index contributed by atoms with van der Waals surface area (Å²) in [5, 5.41) is 0. The third-order valence-corrected chi connectivity index (χ3v) is 3.93. The molecule has 1 aliphatic carbocycles. The van der Waals surface area contributed by atoms with Crippen LogP contribution < -0.4 is 5.73 Å². The highest BCUT2D eigenvalue weighted by Crippen LogP contribution is 2.32. The van der Waals surface area contributed by atoms with Crippen LogP contribution in [0.3, 0.4) is 0 Å². The van der Waals surface area contributed by atoms with Gasteiger partial charge in [-0.1, -0.05) is 19.8 Å². The van der Waals surface area contributed by atoms with Crippen molar-refractivity contribution in [2.45, 2.75) is 44.6 Å². The van der Waals surface area contributed by atoms with Gasteiger partial charge in [0, 0.05) is 12.5 Å².